The highest BCUT2D eigenvalue weighted by atomic mass is 16.5. The van der Waals surface area contributed by atoms with Crippen molar-refractivity contribution in [3.8, 4) is 0 Å². The number of nitrogens with one attached hydrogen (secondary N) is 2. The van der Waals surface area contributed by atoms with Gasteiger partial charge >= 0.3 is 5.97 Å². The van der Waals surface area contributed by atoms with Crippen LogP contribution < -0.4 is 10.6 Å². The van der Waals surface area contributed by atoms with Crippen LogP contribution in [0.4, 0.5) is 0 Å². The van der Waals surface area contributed by atoms with Gasteiger partial charge in [0.05, 0.1) is 43.7 Å². The number of nitrogens with zero attached hydrogens (tertiary/aromatic N) is 5. The van der Waals surface area contributed by atoms with Crippen molar-refractivity contribution >= 4 is 29.7 Å². The molecule has 1 aromatic rings. The van der Waals surface area contributed by atoms with Crippen molar-refractivity contribution in [2.75, 3.05) is 75.2 Å². The molecule has 0 spiro atoms. The Hall–Kier alpha value is -3.75. The minimum Gasteiger partial charge on any atom is -0.467 e. The van der Waals surface area contributed by atoms with E-state index in [1.807, 2.05) is 63.2 Å². The lowest BCUT2D eigenvalue weighted by Gasteiger charge is -2.40. The van der Waals surface area contributed by atoms with Crippen LogP contribution in [0.15, 0.2) is 35.3 Å². The SMILES string of the molecule is CC[C@H](C)[C@@H]([C@@H](CC(=O)N1CCC[C@H]1[C@H](OC)[C@@H](C)C(=O)NC(Cc1ccccc1)C(=O)OC)OC)N(C)C(=O)[C@@H](N=C(N(C)C)N1CCNCC1)C(C)C. The van der Waals surface area contributed by atoms with Gasteiger partial charge in [0, 0.05) is 74.5 Å². The summed E-state index contributed by atoms with van der Waals surface area (Å²) in [7, 11) is 10.2. The van der Waals surface area contributed by atoms with E-state index < -0.39 is 42.2 Å². The number of amides is 3. The molecular formula is C41H69N7O7. The second kappa shape index (κ2) is 22.1. The minimum atomic E-state index is -0.877. The Kier molecular flexibility index (Phi) is 18.3. The fourth-order valence-corrected chi connectivity index (χ4v) is 7.96. The molecule has 3 rings (SSSR count). The van der Waals surface area contributed by atoms with E-state index in [1.165, 1.54) is 7.11 Å². The highest BCUT2D eigenvalue weighted by Crippen LogP contribution is 2.30. The van der Waals surface area contributed by atoms with Gasteiger partial charge in [-0.3, -0.25) is 14.4 Å². The number of likely N-dealkylation sites (N-methyl/N-ethyl adjacent to an activating group) is 1. The molecule has 0 aromatic heterocycles. The molecule has 2 N–H and O–H groups in total. The fraction of sp³-hybridized carbons (Fsp3) is 0.732. The number of hydrogen-bond acceptors (Lipinski definition) is 9. The summed E-state index contributed by atoms with van der Waals surface area (Å²) in [6.07, 6.45) is 1.31. The number of piperazine rings is 1. The molecular weight excluding hydrogens is 702 g/mol. The highest BCUT2D eigenvalue weighted by Gasteiger charge is 2.43. The number of aliphatic imine (C=N–C) groups is 1. The average molecular weight is 772 g/mol. The topological polar surface area (TPSA) is 145 Å². The molecule has 2 fully saturated rings. The lowest BCUT2D eigenvalue weighted by atomic mass is 9.89. The van der Waals surface area contributed by atoms with E-state index >= 15 is 0 Å². The fourth-order valence-electron chi connectivity index (χ4n) is 7.96. The zero-order valence-corrected chi connectivity index (χ0v) is 35.2. The minimum absolute atomic E-state index is 0.0217. The molecule has 0 saturated carbocycles. The summed E-state index contributed by atoms with van der Waals surface area (Å²) in [5.41, 5.74) is 0.887. The van der Waals surface area contributed by atoms with Gasteiger partial charge in [-0.2, -0.15) is 0 Å². The molecule has 8 atom stereocenters. The van der Waals surface area contributed by atoms with Crippen LogP contribution in [0.3, 0.4) is 0 Å². The van der Waals surface area contributed by atoms with Crippen molar-refractivity contribution in [1.29, 1.82) is 0 Å². The number of likely N-dealkylation sites (tertiary alicyclic amines) is 1. The third-order valence-electron chi connectivity index (χ3n) is 11.3. The third kappa shape index (κ3) is 12.1. The molecule has 310 valence electrons. The molecule has 0 bridgehead atoms. The Balaban J connectivity index is 1.81. The molecule has 3 amide bonds. The highest BCUT2D eigenvalue weighted by molar-refractivity contribution is 5.88. The molecule has 55 heavy (non-hydrogen) atoms. The van der Waals surface area contributed by atoms with E-state index in [2.05, 4.69) is 29.4 Å². The van der Waals surface area contributed by atoms with E-state index in [0.29, 0.717) is 13.0 Å². The zero-order valence-electron chi connectivity index (χ0n) is 35.2. The van der Waals surface area contributed by atoms with Gasteiger partial charge in [-0.15, -0.1) is 0 Å². The number of benzene rings is 1. The molecule has 1 unspecified atom stereocenters. The molecule has 2 heterocycles. The number of methoxy groups -OCH3 is 3. The smallest absolute Gasteiger partial charge is 0.328 e. The zero-order chi connectivity index (χ0) is 40.8. The third-order valence-corrected chi connectivity index (χ3v) is 11.3. The molecule has 1 aromatic carbocycles. The average Bonchev–Trinajstić information content (AvgIpc) is 3.67. The Morgan fingerprint density at radius 2 is 1.62 bits per heavy atom. The van der Waals surface area contributed by atoms with Crippen molar-refractivity contribution in [2.45, 2.75) is 103 Å². The first-order chi connectivity index (χ1) is 26.2. The number of hydrogen-bond donors (Lipinski definition) is 2. The van der Waals surface area contributed by atoms with Gasteiger partial charge in [-0.25, -0.2) is 9.79 Å². The Morgan fingerprint density at radius 1 is 0.964 bits per heavy atom. The maximum Gasteiger partial charge on any atom is 0.328 e. The van der Waals surface area contributed by atoms with E-state index in [-0.39, 0.29) is 48.4 Å². The summed E-state index contributed by atoms with van der Waals surface area (Å²) in [5, 5.41) is 6.26. The molecule has 2 saturated heterocycles. The first kappa shape index (κ1) is 45.6. The van der Waals surface area contributed by atoms with Crippen LogP contribution in [-0.2, 0) is 39.8 Å². The number of ether oxygens (including phenoxy) is 3. The quantitative estimate of drug-likeness (QED) is 0.130. The molecule has 0 aliphatic carbocycles. The number of rotatable bonds is 18. The normalized spacial score (nSPS) is 20.2. The van der Waals surface area contributed by atoms with Crippen molar-refractivity contribution in [3.05, 3.63) is 35.9 Å². The van der Waals surface area contributed by atoms with Gasteiger partial charge < -0.3 is 44.4 Å². The van der Waals surface area contributed by atoms with Crippen molar-refractivity contribution in [3.63, 3.8) is 0 Å². The summed E-state index contributed by atoms with van der Waals surface area (Å²) < 4.78 is 17.0. The second-order valence-electron chi connectivity index (χ2n) is 15.6. The molecule has 14 nitrogen and oxygen atoms in total. The summed E-state index contributed by atoms with van der Waals surface area (Å²) in [5.74, 6) is -1.07. The van der Waals surface area contributed by atoms with Gasteiger partial charge in [0.2, 0.25) is 17.7 Å². The van der Waals surface area contributed by atoms with Crippen LogP contribution >= 0.6 is 0 Å². The monoisotopic (exact) mass is 772 g/mol. The first-order valence-electron chi connectivity index (χ1n) is 19.9. The van der Waals surface area contributed by atoms with Crippen LogP contribution in [0.25, 0.3) is 0 Å². The van der Waals surface area contributed by atoms with Gasteiger partial charge in [-0.05, 0) is 30.2 Å². The predicted molar refractivity (Wildman–Crippen MR) is 214 cm³/mol. The van der Waals surface area contributed by atoms with Crippen molar-refractivity contribution in [1.82, 2.24) is 30.2 Å². The van der Waals surface area contributed by atoms with Crippen LogP contribution in [0.5, 0.6) is 0 Å². The number of esters is 1. The maximum atomic E-state index is 14.4. The molecule has 2 aliphatic heterocycles. The van der Waals surface area contributed by atoms with Crippen molar-refractivity contribution in [2.24, 2.45) is 22.7 Å². The Morgan fingerprint density at radius 3 is 2.16 bits per heavy atom. The lowest BCUT2D eigenvalue weighted by molar-refractivity contribution is -0.148. The largest absolute Gasteiger partial charge is 0.467 e. The summed E-state index contributed by atoms with van der Waals surface area (Å²) in [6.45, 7) is 13.8. The molecule has 2 aliphatic rings. The Bertz CT molecular complexity index is 1400. The van der Waals surface area contributed by atoms with Crippen LogP contribution in [0, 0.1) is 17.8 Å². The van der Waals surface area contributed by atoms with Crippen molar-refractivity contribution < 1.29 is 33.4 Å². The van der Waals surface area contributed by atoms with E-state index in [4.69, 9.17) is 19.2 Å². The van der Waals surface area contributed by atoms with E-state index in [0.717, 1.165) is 50.5 Å². The number of carbonyl (C=O) groups excluding carboxylic acids is 4. The van der Waals surface area contributed by atoms with Crippen LogP contribution in [0.2, 0.25) is 0 Å². The summed E-state index contributed by atoms with van der Waals surface area (Å²) >= 11 is 0. The second-order valence-corrected chi connectivity index (χ2v) is 15.6. The number of guanidine groups is 1. The van der Waals surface area contributed by atoms with Gasteiger partial charge in [-0.1, -0.05) is 71.4 Å². The van der Waals surface area contributed by atoms with Crippen LogP contribution in [0.1, 0.15) is 65.9 Å². The van der Waals surface area contributed by atoms with E-state index in [1.54, 1.807) is 38.0 Å². The Labute approximate surface area is 329 Å². The van der Waals surface area contributed by atoms with Gasteiger partial charge in [0.1, 0.15) is 12.1 Å². The standard InChI is InChI=1S/C41H69N7O7/c1-12-28(4)36(46(8)39(51)35(27(2)3)44-41(45(6)7)47-23-20-42-21-24-47)33(53-9)26-34(49)48-22-16-19-32(48)37(54-10)29(5)38(50)43-31(40(52)55-11)25-30-17-14-13-15-18-30/h13-15,17-18,27-29,31-33,35-37,42H,12,16,19-26H2,1-11H3,(H,43,50)/t28-,29+,31?,32-,33+,35-,36-,37+/m0/s1. The first-order valence-corrected chi connectivity index (χ1v) is 19.9. The summed E-state index contributed by atoms with van der Waals surface area (Å²) in [6, 6.07) is 7.17. The maximum absolute atomic E-state index is 14.4. The molecule has 14 heteroatoms. The predicted octanol–water partition coefficient (Wildman–Crippen LogP) is 2.65. The molecule has 0 radical (unpaired) electrons. The number of carbonyl (C=O) groups is 4. The van der Waals surface area contributed by atoms with E-state index in [9.17, 15) is 19.2 Å². The lowest BCUT2D eigenvalue weighted by Crippen LogP contribution is -2.56. The van der Waals surface area contributed by atoms with Gasteiger partial charge in [0.25, 0.3) is 0 Å². The van der Waals surface area contributed by atoms with Crippen LogP contribution in [-0.4, -0.2) is 161 Å². The summed E-state index contributed by atoms with van der Waals surface area (Å²) in [4.78, 5) is 67.9. The van der Waals surface area contributed by atoms with Gasteiger partial charge in [0.15, 0.2) is 5.96 Å².